The number of hydrogen-bond acceptors (Lipinski definition) is 3. The second kappa shape index (κ2) is 7.62. The van der Waals surface area contributed by atoms with Crippen molar-refractivity contribution in [2.24, 2.45) is 0 Å². The Labute approximate surface area is 146 Å². The summed E-state index contributed by atoms with van der Waals surface area (Å²) in [5.74, 6) is -0.856. The molecule has 4 nitrogen and oxygen atoms in total. The van der Waals surface area contributed by atoms with Crippen molar-refractivity contribution in [1.82, 2.24) is 0 Å². The molecule has 0 aliphatic rings. The zero-order chi connectivity index (χ0) is 17.6. The van der Waals surface area contributed by atoms with Crippen LogP contribution in [0.5, 0.6) is 0 Å². The lowest BCUT2D eigenvalue weighted by atomic mass is 10.1. The van der Waals surface area contributed by atoms with Gasteiger partial charge in [-0.3, -0.25) is 4.79 Å². The minimum atomic E-state index is -0.504. The van der Waals surface area contributed by atoms with Crippen LogP contribution in [-0.2, 0) is 16.0 Å². The fourth-order valence-corrected chi connectivity index (χ4v) is 2.75. The van der Waals surface area contributed by atoms with Gasteiger partial charge in [-0.05, 0) is 34.9 Å². The van der Waals surface area contributed by atoms with E-state index in [1.807, 2.05) is 61.5 Å². The summed E-state index contributed by atoms with van der Waals surface area (Å²) in [6.45, 7) is 1.70. The van der Waals surface area contributed by atoms with Crippen LogP contribution in [0.1, 0.15) is 22.8 Å². The lowest BCUT2D eigenvalue weighted by molar-refractivity contribution is -0.119. The normalized spacial score (nSPS) is 10.4. The van der Waals surface area contributed by atoms with E-state index in [-0.39, 0.29) is 12.5 Å². The van der Waals surface area contributed by atoms with Crippen LogP contribution < -0.4 is 5.32 Å². The van der Waals surface area contributed by atoms with E-state index in [9.17, 15) is 9.59 Å². The van der Waals surface area contributed by atoms with Crippen molar-refractivity contribution in [1.29, 1.82) is 0 Å². The Balaban J connectivity index is 1.66. The number of ether oxygens (including phenoxy) is 1. The number of carbonyl (C=O) groups excluding carboxylic acids is 2. The fraction of sp³-hybridized carbons (Fsp3) is 0.143. The summed E-state index contributed by atoms with van der Waals surface area (Å²) >= 11 is 0. The second-order valence-corrected chi connectivity index (χ2v) is 5.66. The van der Waals surface area contributed by atoms with Gasteiger partial charge in [-0.25, -0.2) is 4.79 Å². The average molecular weight is 333 g/mol. The molecular formula is C21H19NO3. The summed E-state index contributed by atoms with van der Waals surface area (Å²) in [6, 6.07) is 20.6. The Kier molecular flexibility index (Phi) is 5.09. The summed E-state index contributed by atoms with van der Waals surface area (Å²) in [7, 11) is 0. The Bertz CT molecular complexity index is 912. The molecule has 0 atom stereocenters. The minimum Gasteiger partial charge on any atom is -0.452 e. The number of amides is 1. The van der Waals surface area contributed by atoms with Gasteiger partial charge in [0.2, 0.25) is 0 Å². The number of esters is 1. The largest absolute Gasteiger partial charge is 0.452 e. The molecule has 0 bridgehead atoms. The molecule has 1 N–H and O–H groups in total. The molecule has 3 aromatic rings. The fourth-order valence-electron chi connectivity index (χ4n) is 2.75. The highest BCUT2D eigenvalue weighted by Crippen LogP contribution is 2.19. The molecule has 3 aromatic carbocycles. The first kappa shape index (κ1) is 16.7. The molecule has 0 aliphatic carbocycles. The number of para-hydroxylation sites is 1. The van der Waals surface area contributed by atoms with Gasteiger partial charge in [0, 0.05) is 5.69 Å². The van der Waals surface area contributed by atoms with E-state index in [0.29, 0.717) is 5.56 Å². The molecule has 0 radical (unpaired) electrons. The number of rotatable bonds is 5. The third-order valence-corrected chi connectivity index (χ3v) is 4.02. The third kappa shape index (κ3) is 3.86. The molecule has 3 rings (SSSR count). The molecule has 0 unspecified atom stereocenters. The van der Waals surface area contributed by atoms with E-state index in [1.54, 1.807) is 12.1 Å². The molecule has 0 aliphatic heterocycles. The number of benzene rings is 3. The number of nitrogens with one attached hydrogen (secondary N) is 1. The Hall–Kier alpha value is -3.14. The average Bonchev–Trinajstić information content (AvgIpc) is 2.66. The summed E-state index contributed by atoms with van der Waals surface area (Å²) in [6.07, 6.45) is 0.812. The SMILES string of the molecule is CCc1ccccc1NC(=O)COC(=O)c1cccc2ccccc12. The summed E-state index contributed by atoms with van der Waals surface area (Å²) in [5.41, 5.74) is 2.24. The number of anilines is 1. The second-order valence-electron chi connectivity index (χ2n) is 5.66. The number of hydrogen-bond donors (Lipinski definition) is 1. The summed E-state index contributed by atoms with van der Waals surface area (Å²) < 4.78 is 5.19. The highest BCUT2D eigenvalue weighted by Gasteiger charge is 2.13. The van der Waals surface area contributed by atoms with Crippen molar-refractivity contribution in [2.45, 2.75) is 13.3 Å². The van der Waals surface area contributed by atoms with E-state index in [4.69, 9.17) is 4.74 Å². The number of carbonyl (C=O) groups is 2. The molecule has 0 saturated carbocycles. The van der Waals surface area contributed by atoms with Crippen LogP contribution in [0.3, 0.4) is 0 Å². The molecule has 0 aromatic heterocycles. The Morgan fingerprint density at radius 1 is 0.920 bits per heavy atom. The van der Waals surface area contributed by atoms with Gasteiger partial charge in [-0.15, -0.1) is 0 Å². The van der Waals surface area contributed by atoms with Crippen LogP contribution >= 0.6 is 0 Å². The molecular weight excluding hydrogens is 314 g/mol. The highest BCUT2D eigenvalue weighted by molar-refractivity contribution is 6.05. The molecule has 0 fully saturated rings. The maximum absolute atomic E-state index is 12.3. The lowest BCUT2D eigenvalue weighted by Gasteiger charge is -2.10. The van der Waals surface area contributed by atoms with Crippen LogP contribution in [-0.4, -0.2) is 18.5 Å². The summed E-state index contributed by atoms with van der Waals surface area (Å²) in [5, 5.41) is 4.56. The van der Waals surface area contributed by atoms with Crippen LogP contribution in [0.2, 0.25) is 0 Å². The first-order valence-corrected chi connectivity index (χ1v) is 8.21. The Morgan fingerprint density at radius 2 is 1.64 bits per heavy atom. The molecule has 0 heterocycles. The first-order chi connectivity index (χ1) is 12.2. The predicted octanol–water partition coefficient (Wildman–Crippen LogP) is 4.20. The van der Waals surface area contributed by atoms with Gasteiger partial charge in [-0.1, -0.05) is 61.5 Å². The van der Waals surface area contributed by atoms with Gasteiger partial charge in [0.25, 0.3) is 5.91 Å². The van der Waals surface area contributed by atoms with E-state index < -0.39 is 5.97 Å². The van der Waals surface area contributed by atoms with Gasteiger partial charge in [0.1, 0.15) is 0 Å². The highest BCUT2D eigenvalue weighted by atomic mass is 16.5. The van der Waals surface area contributed by atoms with Crippen molar-refractivity contribution < 1.29 is 14.3 Å². The maximum Gasteiger partial charge on any atom is 0.339 e. The molecule has 0 saturated heterocycles. The van der Waals surface area contributed by atoms with Gasteiger partial charge >= 0.3 is 5.97 Å². The number of aryl methyl sites for hydroxylation is 1. The van der Waals surface area contributed by atoms with Gasteiger partial charge < -0.3 is 10.1 Å². The smallest absolute Gasteiger partial charge is 0.339 e. The summed E-state index contributed by atoms with van der Waals surface area (Å²) in [4.78, 5) is 24.4. The van der Waals surface area contributed by atoms with Crippen LogP contribution in [0.15, 0.2) is 66.7 Å². The van der Waals surface area contributed by atoms with Crippen molar-refractivity contribution in [2.75, 3.05) is 11.9 Å². The van der Waals surface area contributed by atoms with Crippen LogP contribution in [0, 0.1) is 0 Å². The van der Waals surface area contributed by atoms with Crippen molar-refractivity contribution in [3.63, 3.8) is 0 Å². The predicted molar refractivity (Wildman–Crippen MR) is 98.7 cm³/mol. The van der Waals surface area contributed by atoms with Crippen LogP contribution in [0.4, 0.5) is 5.69 Å². The van der Waals surface area contributed by atoms with Crippen molar-refractivity contribution in [3.05, 3.63) is 77.9 Å². The monoisotopic (exact) mass is 333 g/mol. The molecule has 0 spiro atoms. The maximum atomic E-state index is 12.3. The quantitative estimate of drug-likeness (QED) is 0.712. The van der Waals surface area contributed by atoms with Gasteiger partial charge in [-0.2, -0.15) is 0 Å². The molecule has 4 heteroatoms. The first-order valence-electron chi connectivity index (χ1n) is 8.21. The topological polar surface area (TPSA) is 55.4 Å². The van der Waals surface area contributed by atoms with E-state index in [1.165, 1.54) is 0 Å². The lowest BCUT2D eigenvalue weighted by Crippen LogP contribution is -2.21. The van der Waals surface area contributed by atoms with E-state index >= 15 is 0 Å². The van der Waals surface area contributed by atoms with Gasteiger partial charge in [0.05, 0.1) is 5.56 Å². The zero-order valence-corrected chi connectivity index (χ0v) is 14.0. The minimum absolute atomic E-state index is 0.319. The Morgan fingerprint density at radius 3 is 2.48 bits per heavy atom. The molecule has 1 amide bonds. The van der Waals surface area contributed by atoms with Crippen LogP contribution in [0.25, 0.3) is 10.8 Å². The molecule has 126 valence electrons. The van der Waals surface area contributed by atoms with Gasteiger partial charge in [0.15, 0.2) is 6.61 Å². The van der Waals surface area contributed by atoms with Crippen molar-refractivity contribution in [3.8, 4) is 0 Å². The van der Waals surface area contributed by atoms with Crippen molar-refractivity contribution >= 4 is 28.3 Å². The molecule has 25 heavy (non-hydrogen) atoms. The van der Waals surface area contributed by atoms with E-state index in [2.05, 4.69) is 5.32 Å². The number of fused-ring (bicyclic) bond motifs is 1. The third-order valence-electron chi connectivity index (χ3n) is 4.02. The zero-order valence-electron chi connectivity index (χ0n) is 14.0. The van der Waals surface area contributed by atoms with E-state index in [0.717, 1.165) is 28.4 Å². The standard InChI is InChI=1S/C21H19NO3/c1-2-15-8-4-6-13-19(15)22-20(23)14-25-21(24)18-12-7-10-16-9-3-5-11-17(16)18/h3-13H,2,14H2,1H3,(H,22,23).